The number of hydrogen-bond donors (Lipinski definition) is 1. The Morgan fingerprint density at radius 2 is 2.15 bits per heavy atom. The lowest BCUT2D eigenvalue weighted by molar-refractivity contribution is 0.0766. The van der Waals surface area contributed by atoms with Crippen molar-refractivity contribution in [2.24, 2.45) is 5.92 Å². The van der Waals surface area contributed by atoms with Crippen LogP contribution in [0.2, 0.25) is 0 Å². The first kappa shape index (κ1) is 9.22. The van der Waals surface area contributed by atoms with Crippen molar-refractivity contribution in [3.63, 3.8) is 0 Å². The summed E-state index contributed by atoms with van der Waals surface area (Å²) in [5.41, 5.74) is 1.44. The Bertz CT molecular complexity index is 198. The number of aliphatic hydroxyl groups excluding tert-OH is 1. The second kappa shape index (κ2) is 4.25. The Hall–Kier alpha value is -0.340. The van der Waals surface area contributed by atoms with Crippen LogP contribution in [0.25, 0.3) is 0 Å². The highest BCUT2D eigenvalue weighted by molar-refractivity contribution is 5.11. The van der Waals surface area contributed by atoms with E-state index in [1.807, 2.05) is 0 Å². The van der Waals surface area contributed by atoms with Crippen LogP contribution in [0.1, 0.15) is 32.1 Å². The Morgan fingerprint density at radius 3 is 2.85 bits per heavy atom. The van der Waals surface area contributed by atoms with Crippen LogP contribution < -0.4 is 0 Å². The van der Waals surface area contributed by atoms with Gasteiger partial charge in [0.25, 0.3) is 0 Å². The molecule has 0 aromatic carbocycles. The topological polar surface area (TPSA) is 29.5 Å². The van der Waals surface area contributed by atoms with Crippen LogP contribution in [-0.4, -0.2) is 24.4 Å². The molecule has 2 atom stereocenters. The molecule has 0 saturated heterocycles. The molecule has 0 amide bonds. The average molecular weight is 182 g/mol. The van der Waals surface area contributed by atoms with E-state index in [1.54, 1.807) is 0 Å². The van der Waals surface area contributed by atoms with E-state index in [9.17, 15) is 5.11 Å². The third-order valence-corrected chi connectivity index (χ3v) is 3.20. The van der Waals surface area contributed by atoms with E-state index in [0.717, 1.165) is 26.1 Å². The molecule has 2 aliphatic rings. The van der Waals surface area contributed by atoms with Crippen LogP contribution in [0, 0.1) is 5.92 Å². The van der Waals surface area contributed by atoms with Gasteiger partial charge < -0.3 is 9.84 Å². The van der Waals surface area contributed by atoms with Gasteiger partial charge in [0, 0.05) is 5.92 Å². The molecule has 2 heteroatoms. The number of aliphatic hydroxyl groups is 1. The van der Waals surface area contributed by atoms with Crippen LogP contribution in [0.15, 0.2) is 11.6 Å². The van der Waals surface area contributed by atoms with Crippen molar-refractivity contribution in [1.82, 2.24) is 0 Å². The number of ether oxygens (including phenoxy) is 1. The zero-order chi connectivity index (χ0) is 9.10. The van der Waals surface area contributed by atoms with E-state index in [4.69, 9.17) is 4.74 Å². The molecule has 1 heterocycles. The van der Waals surface area contributed by atoms with Crippen molar-refractivity contribution in [1.29, 1.82) is 0 Å². The quantitative estimate of drug-likeness (QED) is 0.627. The van der Waals surface area contributed by atoms with E-state index >= 15 is 0 Å². The van der Waals surface area contributed by atoms with E-state index in [1.165, 1.54) is 24.8 Å². The molecule has 2 nitrogen and oxygen atoms in total. The molecule has 0 radical (unpaired) electrons. The fourth-order valence-electron chi connectivity index (χ4n) is 2.42. The first-order valence-corrected chi connectivity index (χ1v) is 5.32. The average Bonchev–Trinajstić information content (AvgIpc) is 2.20. The van der Waals surface area contributed by atoms with Crippen molar-refractivity contribution in [3.05, 3.63) is 11.6 Å². The largest absolute Gasteiger partial charge is 0.393 e. The van der Waals surface area contributed by atoms with Gasteiger partial charge in [-0.3, -0.25) is 0 Å². The molecule has 0 aromatic heterocycles. The third-order valence-electron chi connectivity index (χ3n) is 3.20. The monoisotopic (exact) mass is 182 g/mol. The normalized spacial score (nSPS) is 35.6. The predicted octanol–water partition coefficient (Wildman–Crippen LogP) is 1.88. The van der Waals surface area contributed by atoms with Gasteiger partial charge in [-0.05, 0) is 19.3 Å². The summed E-state index contributed by atoms with van der Waals surface area (Å²) in [6.45, 7) is 1.59. The highest BCUT2D eigenvalue weighted by Crippen LogP contribution is 2.32. The summed E-state index contributed by atoms with van der Waals surface area (Å²) in [6, 6.07) is 0. The van der Waals surface area contributed by atoms with Crippen molar-refractivity contribution in [3.8, 4) is 0 Å². The third kappa shape index (κ3) is 2.12. The summed E-state index contributed by atoms with van der Waals surface area (Å²) in [5, 5.41) is 9.84. The molecule has 1 aliphatic heterocycles. The fourth-order valence-corrected chi connectivity index (χ4v) is 2.42. The second-order valence-electron chi connectivity index (χ2n) is 4.06. The van der Waals surface area contributed by atoms with E-state index in [0.29, 0.717) is 5.92 Å². The van der Waals surface area contributed by atoms with Crippen molar-refractivity contribution < 1.29 is 9.84 Å². The van der Waals surface area contributed by atoms with E-state index < -0.39 is 0 Å². The molecule has 1 N–H and O–H groups in total. The van der Waals surface area contributed by atoms with E-state index in [-0.39, 0.29) is 6.10 Å². The number of rotatable bonds is 1. The molecule has 0 spiro atoms. The predicted molar refractivity (Wildman–Crippen MR) is 51.5 cm³/mol. The Kier molecular flexibility index (Phi) is 3.01. The maximum atomic E-state index is 9.84. The molecular weight excluding hydrogens is 164 g/mol. The van der Waals surface area contributed by atoms with Crippen molar-refractivity contribution in [2.75, 3.05) is 13.2 Å². The highest BCUT2D eigenvalue weighted by Gasteiger charge is 2.26. The maximum absolute atomic E-state index is 9.84. The number of hydrogen-bond acceptors (Lipinski definition) is 2. The van der Waals surface area contributed by atoms with Crippen LogP contribution in [-0.2, 0) is 4.74 Å². The second-order valence-corrected chi connectivity index (χ2v) is 4.06. The van der Waals surface area contributed by atoms with Gasteiger partial charge >= 0.3 is 0 Å². The minimum atomic E-state index is -0.0851. The van der Waals surface area contributed by atoms with Crippen molar-refractivity contribution >= 4 is 0 Å². The maximum Gasteiger partial charge on any atom is 0.0650 e. The lowest BCUT2D eigenvalue weighted by Crippen LogP contribution is -2.27. The zero-order valence-corrected chi connectivity index (χ0v) is 8.04. The Balaban J connectivity index is 2.00. The van der Waals surface area contributed by atoms with Crippen LogP contribution in [0.5, 0.6) is 0 Å². The molecule has 74 valence electrons. The summed E-state index contributed by atoms with van der Waals surface area (Å²) in [4.78, 5) is 0. The molecule has 1 aliphatic carbocycles. The molecule has 0 unspecified atom stereocenters. The lowest BCUT2D eigenvalue weighted by Gasteiger charge is -2.31. The SMILES string of the molecule is O[C@@H]1CCCC[C@H]1C1=CCOCC1. The van der Waals surface area contributed by atoms with Crippen LogP contribution in [0.3, 0.4) is 0 Å². The summed E-state index contributed by atoms with van der Waals surface area (Å²) < 4.78 is 5.27. The Morgan fingerprint density at radius 1 is 1.31 bits per heavy atom. The molecule has 0 bridgehead atoms. The molecular formula is C11H18O2. The fraction of sp³-hybridized carbons (Fsp3) is 0.818. The van der Waals surface area contributed by atoms with Gasteiger partial charge in [-0.15, -0.1) is 0 Å². The van der Waals surface area contributed by atoms with Gasteiger partial charge in [-0.25, -0.2) is 0 Å². The minimum Gasteiger partial charge on any atom is -0.393 e. The minimum absolute atomic E-state index is 0.0851. The smallest absolute Gasteiger partial charge is 0.0650 e. The first-order chi connectivity index (χ1) is 6.38. The van der Waals surface area contributed by atoms with Gasteiger partial charge in [0.05, 0.1) is 19.3 Å². The van der Waals surface area contributed by atoms with E-state index in [2.05, 4.69) is 6.08 Å². The zero-order valence-electron chi connectivity index (χ0n) is 8.04. The molecule has 2 rings (SSSR count). The molecule has 0 aromatic rings. The van der Waals surface area contributed by atoms with Gasteiger partial charge in [-0.2, -0.15) is 0 Å². The molecule has 1 saturated carbocycles. The molecule has 1 fully saturated rings. The van der Waals surface area contributed by atoms with Gasteiger partial charge in [0.2, 0.25) is 0 Å². The van der Waals surface area contributed by atoms with Crippen LogP contribution in [0.4, 0.5) is 0 Å². The van der Waals surface area contributed by atoms with Gasteiger partial charge in [-0.1, -0.05) is 24.5 Å². The summed E-state index contributed by atoms with van der Waals surface area (Å²) >= 11 is 0. The standard InChI is InChI=1S/C11H18O2/c12-11-4-2-1-3-10(11)9-5-7-13-8-6-9/h5,10-12H,1-4,6-8H2/t10-,11+/m0/s1. The molecule has 13 heavy (non-hydrogen) atoms. The first-order valence-electron chi connectivity index (χ1n) is 5.32. The Labute approximate surface area is 79.6 Å². The summed E-state index contributed by atoms with van der Waals surface area (Å²) in [6.07, 6.45) is 7.75. The highest BCUT2D eigenvalue weighted by atomic mass is 16.5. The van der Waals surface area contributed by atoms with Crippen LogP contribution >= 0.6 is 0 Å². The summed E-state index contributed by atoms with van der Waals surface area (Å²) in [5.74, 6) is 0.442. The summed E-state index contributed by atoms with van der Waals surface area (Å²) in [7, 11) is 0. The van der Waals surface area contributed by atoms with Crippen molar-refractivity contribution in [2.45, 2.75) is 38.2 Å². The van der Waals surface area contributed by atoms with Gasteiger partial charge in [0.15, 0.2) is 0 Å². The van der Waals surface area contributed by atoms with Gasteiger partial charge in [0.1, 0.15) is 0 Å². The lowest BCUT2D eigenvalue weighted by atomic mass is 9.80.